The lowest BCUT2D eigenvalue weighted by Gasteiger charge is -2.20. The van der Waals surface area contributed by atoms with Crippen molar-refractivity contribution in [3.63, 3.8) is 0 Å². The Balaban J connectivity index is 1.20. The maximum Gasteiger partial charge on any atom is -0.00141 e. The van der Waals surface area contributed by atoms with E-state index in [2.05, 4.69) is 243 Å². The summed E-state index contributed by atoms with van der Waals surface area (Å²) in [5.74, 6) is 0. The molecule has 10 aromatic carbocycles. The van der Waals surface area contributed by atoms with Gasteiger partial charge in [0.05, 0.1) is 0 Å². The molecule has 0 heteroatoms. The van der Waals surface area contributed by atoms with Gasteiger partial charge < -0.3 is 0 Å². The number of fused-ring (bicyclic) bond motifs is 3. The minimum Gasteiger partial charge on any atom is -0.0622 e. The van der Waals surface area contributed by atoms with Crippen LogP contribution in [0.4, 0.5) is 0 Å². The molecular formula is C58H40. The molecule has 0 N–H and O–H groups in total. The molecule has 0 bridgehead atoms. The Labute approximate surface area is 340 Å². The summed E-state index contributed by atoms with van der Waals surface area (Å²) in [5.41, 5.74) is 14.4. The van der Waals surface area contributed by atoms with Crippen molar-refractivity contribution in [1.29, 1.82) is 0 Å². The van der Waals surface area contributed by atoms with E-state index < -0.39 is 0 Å². The van der Waals surface area contributed by atoms with Crippen LogP contribution in [0.1, 0.15) is 0 Å². The van der Waals surface area contributed by atoms with Crippen LogP contribution in [0.15, 0.2) is 243 Å². The number of hydrogen-bond donors (Lipinski definition) is 0. The average molecular weight is 737 g/mol. The molecule has 0 fully saturated rings. The molecule has 0 radical (unpaired) electrons. The summed E-state index contributed by atoms with van der Waals surface area (Å²) in [6.45, 7) is 0. The van der Waals surface area contributed by atoms with Gasteiger partial charge in [0.25, 0.3) is 0 Å². The number of benzene rings is 9. The summed E-state index contributed by atoms with van der Waals surface area (Å²) in [4.78, 5) is 0. The van der Waals surface area contributed by atoms with E-state index in [-0.39, 0.29) is 0 Å². The van der Waals surface area contributed by atoms with Crippen molar-refractivity contribution in [2.45, 2.75) is 0 Å². The van der Waals surface area contributed by atoms with E-state index in [0.29, 0.717) is 0 Å². The van der Waals surface area contributed by atoms with Gasteiger partial charge in [-0.1, -0.05) is 237 Å². The van der Waals surface area contributed by atoms with Crippen molar-refractivity contribution >= 4 is 32.3 Å². The molecule has 0 saturated heterocycles. The first-order chi connectivity index (χ1) is 28.8. The number of hydrogen-bond acceptors (Lipinski definition) is 0. The third kappa shape index (κ3) is 6.51. The largest absolute Gasteiger partial charge is 0.0622 e. The minimum atomic E-state index is 1.15. The van der Waals surface area contributed by atoms with Crippen LogP contribution in [0.2, 0.25) is 0 Å². The first-order valence-corrected chi connectivity index (χ1v) is 20.0. The van der Waals surface area contributed by atoms with Crippen LogP contribution in [0.25, 0.3) is 99.1 Å². The van der Waals surface area contributed by atoms with Gasteiger partial charge in [-0.3, -0.25) is 0 Å². The molecule has 0 nitrogen and oxygen atoms in total. The summed E-state index contributed by atoms with van der Waals surface area (Å²) in [7, 11) is 0. The molecular weight excluding hydrogens is 697 g/mol. The van der Waals surface area contributed by atoms with E-state index in [9.17, 15) is 0 Å². The quantitative estimate of drug-likeness (QED) is 0.149. The van der Waals surface area contributed by atoms with E-state index in [4.69, 9.17) is 0 Å². The molecule has 10 rings (SSSR count). The Morgan fingerprint density at radius 1 is 0.172 bits per heavy atom. The zero-order valence-electron chi connectivity index (χ0n) is 32.1. The lowest BCUT2D eigenvalue weighted by atomic mass is 9.83. The molecule has 0 spiro atoms. The Bertz CT molecular complexity index is 3110. The summed E-state index contributed by atoms with van der Waals surface area (Å²) in [5, 5.41) is 7.44. The Kier molecular flexibility index (Phi) is 9.35. The van der Waals surface area contributed by atoms with Gasteiger partial charge in [0, 0.05) is 0 Å². The van der Waals surface area contributed by atoms with Gasteiger partial charge in [0.15, 0.2) is 0 Å². The predicted molar refractivity (Wildman–Crippen MR) is 249 cm³/mol. The summed E-state index contributed by atoms with van der Waals surface area (Å²) >= 11 is 0. The van der Waals surface area contributed by atoms with E-state index in [1.54, 1.807) is 0 Å². The fraction of sp³-hybridized carbons (Fsp3) is 0. The van der Waals surface area contributed by atoms with Gasteiger partial charge in [-0.05, 0) is 105 Å². The molecule has 0 aliphatic carbocycles. The molecule has 0 unspecified atom stereocenters. The van der Waals surface area contributed by atoms with Gasteiger partial charge in [0.2, 0.25) is 0 Å². The first kappa shape index (κ1) is 34.9. The van der Waals surface area contributed by atoms with Gasteiger partial charge in [0.1, 0.15) is 0 Å². The Hall–Kier alpha value is -7.54. The molecule has 58 heavy (non-hydrogen) atoms. The molecule has 272 valence electrons. The Morgan fingerprint density at radius 2 is 0.534 bits per heavy atom. The molecule has 10 aromatic rings. The maximum absolute atomic E-state index is 2.37. The normalized spacial score (nSPS) is 11.1. The van der Waals surface area contributed by atoms with Crippen molar-refractivity contribution in [1.82, 2.24) is 0 Å². The van der Waals surface area contributed by atoms with Crippen LogP contribution in [0.5, 0.6) is 0 Å². The highest BCUT2D eigenvalue weighted by atomic mass is 14.2. The molecule has 0 aliphatic heterocycles. The third-order valence-corrected chi connectivity index (χ3v) is 11.3. The van der Waals surface area contributed by atoms with Gasteiger partial charge >= 0.3 is 0 Å². The van der Waals surface area contributed by atoms with E-state index in [0.717, 1.165) is 11.1 Å². The van der Waals surface area contributed by atoms with Crippen LogP contribution in [0, 0.1) is 0 Å². The molecule has 0 saturated carbocycles. The molecule has 0 amide bonds. The molecule has 0 atom stereocenters. The highest BCUT2D eigenvalue weighted by Crippen LogP contribution is 2.47. The van der Waals surface area contributed by atoms with Crippen LogP contribution >= 0.6 is 0 Å². The SMILES string of the molecule is c1ccc(-c2ccccc(-c3ccc(-c4cccc5c(-c6ccccc6)c6ccccc6c(-c6ccccc6)c45)cc3)cc(-c3ccccc3)c3ccccc23)cc1. The smallest absolute Gasteiger partial charge is 0.00141 e. The fourth-order valence-corrected chi connectivity index (χ4v) is 8.67. The lowest BCUT2D eigenvalue weighted by Crippen LogP contribution is -1.93. The van der Waals surface area contributed by atoms with Crippen molar-refractivity contribution < 1.29 is 0 Å². The predicted octanol–water partition coefficient (Wildman–Crippen LogP) is 16.3. The van der Waals surface area contributed by atoms with Crippen molar-refractivity contribution in [2.75, 3.05) is 0 Å². The summed E-state index contributed by atoms with van der Waals surface area (Å²) < 4.78 is 0. The van der Waals surface area contributed by atoms with Gasteiger partial charge in [-0.2, -0.15) is 0 Å². The average Bonchev–Trinajstić information content (AvgIpc) is 3.30. The monoisotopic (exact) mass is 736 g/mol. The highest BCUT2D eigenvalue weighted by molar-refractivity contribution is 6.24. The van der Waals surface area contributed by atoms with Crippen molar-refractivity contribution in [3.8, 4) is 66.8 Å². The molecule has 0 heterocycles. The van der Waals surface area contributed by atoms with Crippen LogP contribution in [-0.4, -0.2) is 0 Å². The second-order valence-corrected chi connectivity index (χ2v) is 14.8. The summed E-state index contributed by atoms with van der Waals surface area (Å²) in [6.07, 6.45) is 0. The molecule has 0 aliphatic rings. The summed E-state index contributed by atoms with van der Waals surface area (Å²) in [6, 6.07) is 88.1. The van der Waals surface area contributed by atoms with E-state index in [1.807, 2.05) is 0 Å². The third-order valence-electron chi connectivity index (χ3n) is 11.3. The van der Waals surface area contributed by atoms with Gasteiger partial charge in [-0.25, -0.2) is 0 Å². The lowest BCUT2D eigenvalue weighted by molar-refractivity contribution is 1.60. The highest BCUT2D eigenvalue weighted by Gasteiger charge is 2.19. The second-order valence-electron chi connectivity index (χ2n) is 14.8. The van der Waals surface area contributed by atoms with Crippen LogP contribution in [0.3, 0.4) is 0 Å². The maximum atomic E-state index is 2.37. The topological polar surface area (TPSA) is 0 Å². The first-order valence-electron chi connectivity index (χ1n) is 20.0. The van der Waals surface area contributed by atoms with E-state index in [1.165, 1.54) is 88.0 Å². The van der Waals surface area contributed by atoms with Crippen LogP contribution < -0.4 is 0 Å². The van der Waals surface area contributed by atoms with Crippen molar-refractivity contribution in [2.24, 2.45) is 0 Å². The van der Waals surface area contributed by atoms with Crippen molar-refractivity contribution in [3.05, 3.63) is 243 Å². The second kappa shape index (κ2) is 15.5. The van der Waals surface area contributed by atoms with Crippen LogP contribution in [-0.2, 0) is 0 Å². The fourth-order valence-electron chi connectivity index (χ4n) is 8.67. The zero-order chi connectivity index (χ0) is 38.7. The molecule has 0 aromatic heterocycles. The standard InChI is InChI=1S/C58H40/c1-5-20-42(21-6-1)48-29-14-13-28-47(40-55(43-22-7-2-8-23-43)51-31-16-15-30-50(48)51)41-36-38-44(39-37-41)49-34-19-35-54-56(45-24-9-3-10-25-45)52-32-17-18-33-53(52)57(58(49)54)46-26-11-4-12-27-46/h1-40H. The van der Waals surface area contributed by atoms with Gasteiger partial charge in [-0.15, -0.1) is 0 Å². The number of rotatable bonds is 6. The van der Waals surface area contributed by atoms with E-state index >= 15 is 0 Å². The Morgan fingerprint density at radius 3 is 1.14 bits per heavy atom. The minimum absolute atomic E-state index is 1.15. The zero-order valence-corrected chi connectivity index (χ0v) is 32.1.